The molecule has 0 aliphatic heterocycles. The Hall–Kier alpha value is -2.22. The van der Waals surface area contributed by atoms with Gasteiger partial charge in [-0.1, -0.05) is 0 Å². The van der Waals surface area contributed by atoms with E-state index in [2.05, 4.69) is 0 Å². The van der Waals surface area contributed by atoms with Gasteiger partial charge in [0.25, 0.3) is 5.69 Å². The highest BCUT2D eigenvalue weighted by Crippen LogP contribution is 2.31. The lowest BCUT2D eigenvalue weighted by Crippen LogP contribution is -2.53. The summed E-state index contributed by atoms with van der Waals surface area (Å²) in [7, 11) is 0. The van der Waals surface area contributed by atoms with Gasteiger partial charge in [0.2, 0.25) is 0 Å². The van der Waals surface area contributed by atoms with Crippen molar-refractivity contribution in [2.24, 2.45) is 5.73 Å². The Morgan fingerprint density at radius 3 is 2.86 bits per heavy atom. The second kappa shape index (κ2) is 5.65. The predicted molar refractivity (Wildman–Crippen MR) is 70.5 cm³/mol. The zero-order chi connectivity index (χ0) is 15.6. The summed E-state index contributed by atoms with van der Waals surface area (Å²) in [5.74, 6) is -2.10. The van der Waals surface area contributed by atoms with E-state index in [9.17, 15) is 19.3 Å². The van der Waals surface area contributed by atoms with Gasteiger partial charge >= 0.3 is 5.97 Å². The summed E-state index contributed by atoms with van der Waals surface area (Å²) >= 11 is 0. The molecule has 0 amide bonds. The molecule has 1 aromatic carbocycles. The molecule has 2 unspecified atom stereocenters. The van der Waals surface area contributed by atoms with Crippen LogP contribution in [0, 0.1) is 15.9 Å². The van der Waals surface area contributed by atoms with Gasteiger partial charge < -0.3 is 15.6 Å². The van der Waals surface area contributed by atoms with Crippen LogP contribution in [0.25, 0.3) is 0 Å². The smallest absolute Gasteiger partial charge is 0.323 e. The van der Waals surface area contributed by atoms with E-state index in [0.717, 1.165) is 12.1 Å². The van der Waals surface area contributed by atoms with Crippen molar-refractivity contribution in [3.8, 4) is 5.75 Å². The number of carbonyl (C=O) groups is 1. The molecule has 1 aliphatic rings. The normalized spacial score (nSPS) is 25.3. The van der Waals surface area contributed by atoms with Gasteiger partial charge in [0, 0.05) is 12.5 Å². The van der Waals surface area contributed by atoms with Crippen LogP contribution >= 0.6 is 0 Å². The highest BCUT2D eigenvalue weighted by Gasteiger charge is 2.40. The molecule has 0 heterocycles. The lowest BCUT2D eigenvalue weighted by molar-refractivity contribution is -0.385. The van der Waals surface area contributed by atoms with Crippen molar-refractivity contribution in [3.63, 3.8) is 0 Å². The molecule has 21 heavy (non-hydrogen) atoms. The van der Waals surface area contributed by atoms with E-state index in [-0.39, 0.29) is 17.9 Å². The van der Waals surface area contributed by atoms with E-state index < -0.39 is 28.4 Å². The maximum atomic E-state index is 13.7. The van der Waals surface area contributed by atoms with Crippen molar-refractivity contribution in [1.82, 2.24) is 0 Å². The first-order chi connectivity index (χ1) is 9.82. The number of benzene rings is 1. The first kappa shape index (κ1) is 15.2. The monoisotopic (exact) mass is 298 g/mol. The molecule has 1 fully saturated rings. The maximum Gasteiger partial charge on any atom is 0.323 e. The summed E-state index contributed by atoms with van der Waals surface area (Å²) in [4.78, 5) is 21.0. The Balaban J connectivity index is 2.11. The van der Waals surface area contributed by atoms with Crippen LogP contribution in [0.15, 0.2) is 18.2 Å². The number of hydrogen-bond donors (Lipinski definition) is 2. The largest absolute Gasteiger partial charge is 0.487 e. The molecule has 1 saturated carbocycles. The number of carboxylic acids is 1. The van der Waals surface area contributed by atoms with E-state index in [4.69, 9.17) is 15.6 Å². The summed E-state index contributed by atoms with van der Waals surface area (Å²) in [6.45, 7) is 0. The van der Waals surface area contributed by atoms with Crippen molar-refractivity contribution in [2.75, 3.05) is 0 Å². The van der Waals surface area contributed by atoms with Crippen LogP contribution in [0.4, 0.5) is 10.1 Å². The minimum absolute atomic E-state index is 0.0682. The third kappa shape index (κ3) is 3.27. The molecule has 0 radical (unpaired) electrons. The third-order valence-corrected chi connectivity index (χ3v) is 3.59. The predicted octanol–water partition coefficient (Wildman–Crippen LogP) is 1.84. The minimum atomic E-state index is -1.37. The number of nitrogens with zero attached hydrogens (tertiary/aromatic N) is 1. The van der Waals surface area contributed by atoms with Crippen LogP contribution in [0.1, 0.15) is 25.7 Å². The van der Waals surface area contributed by atoms with E-state index in [1.54, 1.807) is 0 Å². The minimum Gasteiger partial charge on any atom is -0.487 e. The Bertz CT molecular complexity index is 580. The quantitative estimate of drug-likeness (QED) is 0.647. The van der Waals surface area contributed by atoms with Crippen molar-refractivity contribution >= 4 is 11.7 Å². The summed E-state index contributed by atoms with van der Waals surface area (Å²) in [5, 5.41) is 19.6. The maximum absolute atomic E-state index is 13.7. The molecular weight excluding hydrogens is 283 g/mol. The number of hydrogen-bond acceptors (Lipinski definition) is 5. The Labute approximate surface area is 119 Å². The van der Waals surface area contributed by atoms with Crippen molar-refractivity contribution < 1.29 is 24.0 Å². The van der Waals surface area contributed by atoms with E-state index in [1.807, 2.05) is 0 Å². The zero-order valence-corrected chi connectivity index (χ0v) is 11.1. The van der Waals surface area contributed by atoms with E-state index in [0.29, 0.717) is 19.3 Å². The Morgan fingerprint density at radius 1 is 1.57 bits per heavy atom. The molecule has 2 rings (SSSR count). The second-order valence-electron chi connectivity index (χ2n) is 5.17. The SMILES string of the molecule is NC1(C(=O)O)CCCC(Oc2ccc([N+](=O)[O-])cc2F)C1. The number of nitro benzene ring substituents is 1. The van der Waals surface area contributed by atoms with Gasteiger partial charge in [-0.05, 0) is 25.3 Å². The average molecular weight is 298 g/mol. The van der Waals surface area contributed by atoms with Gasteiger partial charge in [-0.25, -0.2) is 4.39 Å². The first-order valence-corrected chi connectivity index (χ1v) is 6.45. The van der Waals surface area contributed by atoms with Crippen LogP contribution in [-0.4, -0.2) is 27.6 Å². The Morgan fingerprint density at radius 2 is 2.29 bits per heavy atom. The summed E-state index contributed by atoms with van der Waals surface area (Å²) in [6.07, 6.45) is 0.991. The molecule has 0 saturated heterocycles. The van der Waals surface area contributed by atoms with Crippen molar-refractivity contribution in [3.05, 3.63) is 34.1 Å². The number of ether oxygens (including phenoxy) is 1. The van der Waals surface area contributed by atoms with Crippen LogP contribution in [0.5, 0.6) is 5.75 Å². The molecule has 3 N–H and O–H groups in total. The molecule has 8 heteroatoms. The fourth-order valence-electron chi connectivity index (χ4n) is 2.43. The van der Waals surface area contributed by atoms with Gasteiger partial charge in [0.15, 0.2) is 11.6 Å². The molecule has 7 nitrogen and oxygen atoms in total. The van der Waals surface area contributed by atoms with Crippen molar-refractivity contribution in [1.29, 1.82) is 0 Å². The van der Waals surface area contributed by atoms with E-state index in [1.165, 1.54) is 6.07 Å². The molecular formula is C13H15FN2O5. The average Bonchev–Trinajstić information content (AvgIpc) is 2.41. The van der Waals surface area contributed by atoms with Crippen LogP contribution in [0.3, 0.4) is 0 Å². The number of nitrogens with two attached hydrogens (primary N) is 1. The van der Waals surface area contributed by atoms with Gasteiger partial charge in [0.1, 0.15) is 11.6 Å². The lowest BCUT2D eigenvalue weighted by atomic mass is 9.81. The van der Waals surface area contributed by atoms with Crippen LogP contribution < -0.4 is 10.5 Å². The highest BCUT2D eigenvalue weighted by atomic mass is 19.1. The summed E-state index contributed by atoms with van der Waals surface area (Å²) in [6, 6.07) is 3.07. The number of halogens is 1. The molecule has 114 valence electrons. The number of aliphatic carboxylic acids is 1. The molecule has 0 aromatic heterocycles. The summed E-state index contributed by atoms with van der Waals surface area (Å²) in [5.41, 5.74) is 4.04. The van der Waals surface area contributed by atoms with Crippen LogP contribution in [-0.2, 0) is 4.79 Å². The van der Waals surface area contributed by atoms with Crippen molar-refractivity contribution in [2.45, 2.75) is 37.3 Å². The van der Waals surface area contributed by atoms with Gasteiger partial charge in [0.05, 0.1) is 11.0 Å². The number of rotatable bonds is 4. The second-order valence-corrected chi connectivity index (χ2v) is 5.17. The highest BCUT2D eigenvalue weighted by molar-refractivity contribution is 5.78. The molecule has 0 bridgehead atoms. The molecule has 2 atom stereocenters. The molecule has 0 spiro atoms. The first-order valence-electron chi connectivity index (χ1n) is 6.45. The number of nitro groups is 1. The van der Waals surface area contributed by atoms with E-state index >= 15 is 0 Å². The zero-order valence-electron chi connectivity index (χ0n) is 11.1. The fourth-order valence-corrected chi connectivity index (χ4v) is 2.43. The van der Waals surface area contributed by atoms with Gasteiger partial charge in [-0.15, -0.1) is 0 Å². The number of non-ortho nitro benzene ring substituents is 1. The van der Waals surface area contributed by atoms with Gasteiger partial charge in [-0.2, -0.15) is 0 Å². The lowest BCUT2D eigenvalue weighted by Gasteiger charge is -2.34. The third-order valence-electron chi connectivity index (χ3n) is 3.59. The van der Waals surface area contributed by atoms with Crippen LogP contribution in [0.2, 0.25) is 0 Å². The molecule has 1 aliphatic carbocycles. The standard InChI is InChI=1S/C13H15FN2O5/c14-10-6-8(16(19)20)3-4-11(10)21-9-2-1-5-13(15,7-9)12(17)18/h3-4,6,9H,1-2,5,7,15H2,(H,17,18). The summed E-state index contributed by atoms with van der Waals surface area (Å²) < 4.78 is 19.2. The van der Waals surface area contributed by atoms with Gasteiger partial charge in [-0.3, -0.25) is 14.9 Å². The number of carboxylic acid groups (broad SMARTS) is 1. The molecule has 1 aromatic rings. The fraction of sp³-hybridized carbons (Fsp3) is 0.462. The topological polar surface area (TPSA) is 116 Å². The Kier molecular flexibility index (Phi) is 4.08.